The van der Waals surface area contributed by atoms with Crippen molar-refractivity contribution in [2.75, 3.05) is 24.7 Å². The van der Waals surface area contributed by atoms with Gasteiger partial charge in [0.05, 0.1) is 18.0 Å². The number of hydrogen-bond donors (Lipinski definition) is 2. The molecule has 0 aliphatic rings. The SMILES string of the molecule is C=C(C)C(=O)Nc1ccc(N=NN(C)CCS(=O)(=O)O)cc1. The maximum Gasteiger partial charge on any atom is 0.266 e. The average Bonchev–Trinajstić information content (AvgIpc) is 2.43. The van der Waals surface area contributed by atoms with E-state index in [1.54, 1.807) is 31.2 Å². The smallest absolute Gasteiger partial charge is 0.266 e. The Morgan fingerprint density at radius 2 is 1.95 bits per heavy atom. The number of nitrogens with zero attached hydrogens (tertiary/aromatic N) is 3. The molecule has 0 heterocycles. The zero-order chi connectivity index (χ0) is 16.8. The first kappa shape index (κ1) is 17.8. The Kier molecular flexibility index (Phi) is 6.20. The van der Waals surface area contributed by atoms with Crippen LogP contribution in [0.2, 0.25) is 0 Å². The molecule has 0 aliphatic carbocycles. The standard InChI is InChI=1S/C13H18N4O4S/c1-10(2)13(18)14-11-4-6-12(7-5-11)15-16-17(3)8-9-22(19,20)21/h4-7H,1,8-9H2,2-3H3,(H,14,18)(H,19,20,21). The molecule has 0 spiro atoms. The highest BCUT2D eigenvalue weighted by Gasteiger charge is 2.06. The van der Waals surface area contributed by atoms with Crippen molar-refractivity contribution in [2.24, 2.45) is 10.3 Å². The molecule has 9 heteroatoms. The lowest BCUT2D eigenvalue weighted by Crippen LogP contribution is -2.20. The molecule has 0 saturated heterocycles. The van der Waals surface area contributed by atoms with Crippen molar-refractivity contribution >= 4 is 27.4 Å². The molecule has 22 heavy (non-hydrogen) atoms. The summed E-state index contributed by atoms with van der Waals surface area (Å²) in [6.07, 6.45) is 0. The summed E-state index contributed by atoms with van der Waals surface area (Å²) >= 11 is 0. The first-order valence-electron chi connectivity index (χ1n) is 6.32. The van der Waals surface area contributed by atoms with Gasteiger partial charge in [-0.05, 0) is 31.2 Å². The summed E-state index contributed by atoms with van der Waals surface area (Å²) in [5.74, 6) is -0.687. The molecule has 0 atom stereocenters. The van der Waals surface area contributed by atoms with Gasteiger partial charge in [-0.25, -0.2) is 0 Å². The Morgan fingerprint density at radius 3 is 2.45 bits per heavy atom. The van der Waals surface area contributed by atoms with Crippen molar-refractivity contribution in [2.45, 2.75) is 6.92 Å². The van der Waals surface area contributed by atoms with Crippen LogP contribution in [0.5, 0.6) is 0 Å². The van der Waals surface area contributed by atoms with Crippen LogP contribution in [-0.2, 0) is 14.9 Å². The molecule has 0 radical (unpaired) electrons. The molecule has 1 aromatic rings. The van der Waals surface area contributed by atoms with E-state index in [9.17, 15) is 13.2 Å². The molecule has 0 bridgehead atoms. The van der Waals surface area contributed by atoms with E-state index < -0.39 is 15.9 Å². The monoisotopic (exact) mass is 326 g/mol. The fraction of sp³-hybridized carbons (Fsp3) is 0.308. The van der Waals surface area contributed by atoms with Crippen molar-refractivity contribution < 1.29 is 17.8 Å². The fourth-order valence-corrected chi connectivity index (χ4v) is 1.76. The third-order valence-corrected chi connectivity index (χ3v) is 3.20. The molecule has 1 amide bonds. The maximum absolute atomic E-state index is 11.4. The van der Waals surface area contributed by atoms with Crippen molar-refractivity contribution in [1.82, 2.24) is 5.01 Å². The number of anilines is 1. The zero-order valence-electron chi connectivity index (χ0n) is 12.4. The highest BCUT2D eigenvalue weighted by Crippen LogP contribution is 2.17. The molecular formula is C13H18N4O4S. The molecule has 1 rings (SSSR count). The van der Waals surface area contributed by atoms with Crippen molar-refractivity contribution in [3.05, 3.63) is 36.4 Å². The van der Waals surface area contributed by atoms with Gasteiger partial charge in [-0.1, -0.05) is 11.8 Å². The van der Waals surface area contributed by atoms with Gasteiger partial charge in [-0.2, -0.15) is 8.42 Å². The van der Waals surface area contributed by atoms with Crippen LogP contribution in [0.1, 0.15) is 6.92 Å². The van der Waals surface area contributed by atoms with Crippen LogP contribution in [0.15, 0.2) is 46.8 Å². The minimum absolute atomic E-state index is 0.0229. The molecule has 0 aromatic heterocycles. The van der Waals surface area contributed by atoms with Gasteiger partial charge in [0.2, 0.25) is 0 Å². The summed E-state index contributed by atoms with van der Waals surface area (Å²) in [4.78, 5) is 11.4. The summed E-state index contributed by atoms with van der Waals surface area (Å²) in [5.41, 5.74) is 1.54. The highest BCUT2D eigenvalue weighted by molar-refractivity contribution is 7.85. The number of benzene rings is 1. The maximum atomic E-state index is 11.4. The van der Waals surface area contributed by atoms with Crippen molar-refractivity contribution in [1.29, 1.82) is 0 Å². The van der Waals surface area contributed by atoms with Crippen LogP contribution >= 0.6 is 0 Å². The van der Waals surface area contributed by atoms with Crippen LogP contribution in [0.4, 0.5) is 11.4 Å². The Morgan fingerprint density at radius 1 is 1.36 bits per heavy atom. The topological polar surface area (TPSA) is 111 Å². The summed E-state index contributed by atoms with van der Waals surface area (Å²) in [7, 11) is -2.48. The number of rotatable bonds is 7. The van der Waals surface area contributed by atoms with E-state index in [0.717, 1.165) is 0 Å². The summed E-state index contributed by atoms with van der Waals surface area (Å²) < 4.78 is 29.8. The molecule has 8 nitrogen and oxygen atoms in total. The highest BCUT2D eigenvalue weighted by atomic mass is 32.2. The first-order chi connectivity index (χ1) is 10.2. The van der Waals surface area contributed by atoms with Crippen LogP contribution in [0.25, 0.3) is 0 Å². The third-order valence-electron chi connectivity index (χ3n) is 2.50. The minimum Gasteiger partial charge on any atom is -0.322 e. The van der Waals surface area contributed by atoms with Gasteiger partial charge in [0, 0.05) is 18.3 Å². The van der Waals surface area contributed by atoms with E-state index in [1.807, 2.05) is 0 Å². The van der Waals surface area contributed by atoms with E-state index >= 15 is 0 Å². The molecule has 120 valence electrons. The predicted molar refractivity (Wildman–Crippen MR) is 83.4 cm³/mol. The lowest BCUT2D eigenvalue weighted by Gasteiger charge is -2.09. The van der Waals surface area contributed by atoms with Crippen molar-refractivity contribution in [3.8, 4) is 0 Å². The Labute approximate surface area is 129 Å². The second-order valence-electron chi connectivity index (χ2n) is 4.64. The molecule has 0 fully saturated rings. The second-order valence-corrected chi connectivity index (χ2v) is 6.21. The van der Waals surface area contributed by atoms with Gasteiger partial charge < -0.3 is 5.32 Å². The van der Waals surface area contributed by atoms with Gasteiger partial charge in [0.15, 0.2) is 0 Å². The molecule has 0 aliphatic heterocycles. The number of carbonyl (C=O) groups excluding carboxylic acids is 1. The zero-order valence-corrected chi connectivity index (χ0v) is 13.2. The lowest BCUT2D eigenvalue weighted by atomic mass is 10.2. The minimum atomic E-state index is -4.02. The Hall–Kier alpha value is -2.26. The van der Waals surface area contributed by atoms with Gasteiger partial charge in [0.25, 0.3) is 16.0 Å². The van der Waals surface area contributed by atoms with Gasteiger partial charge in [0.1, 0.15) is 0 Å². The van der Waals surface area contributed by atoms with E-state index in [4.69, 9.17) is 4.55 Å². The Balaban J connectivity index is 2.58. The Bertz CT molecular complexity index is 668. The first-order valence-corrected chi connectivity index (χ1v) is 7.93. The van der Waals surface area contributed by atoms with Gasteiger partial charge >= 0.3 is 0 Å². The summed E-state index contributed by atoms with van der Waals surface area (Å²) in [6.45, 7) is 5.17. The van der Waals surface area contributed by atoms with Crippen LogP contribution in [0.3, 0.4) is 0 Å². The largest absolute Gasteiger partial charge is 0.322 e. The van der Waals surface area contributed by atoms with E-state index in [-0.39, 0.29) is 12.5 Å². The number of carbonyl (C=O) groups is 1. The average molecular weight is 326 g/mol. The van der Waals surface area contributed by atoms with E-state index in [2.05, 4.69) is 22.2 Å². The van der Waals surface area contributed by atoms with Crippen LogP contribution in [-0.4, -0.2) is 43.2 Å². The van der Waals surface area contributed by atoms with E-state index in [0.29, 0.717) is 16.9 Å². The number of hydrogen-bond acceptors (Lipinski definition) is 5. The fourth-order valence-electron chi connectivity index (χ4n) is 1.27. The second kappa shape index (κ2) is 7.66. The molecule has 1 aromatic carbocycles. The molecular weight excluding hydrogens is 308 g/mol. The number of amides is 1. The van der Waals surface area contributed by atoms with Crippen LogP contribution < -0.4 is 5.32 Å². The molecule has 0 unspecified atom stereocenters. The van der Waals surface area contributed by atoms with Gasteiger partial charge in [-0.15, -0.1) is 5.11 Å². The van der Waals surface area contributed by atoms with Crippen molar-refractivity contribution in [3.63, 3.8) is 0 Å². The predicted octanol–water partition coefficient (Wildman–Crippen LogP) is 2.02. The summed E-state index contributed by atoms with van der Waals surface area (Å²) in [5, 5.41) is 11.7. The van der Waals surface area contributed by atoms with Gasteiger partial charge in [-0.3, -0.25) is 14.4 Å². The summed E-state index contributed by atoms with van der Waals surface area (Å²) in [6, 6.07) is 6.61. The normalized spacial score (nSPS) is 11.4. The molecule has 2 N–H and O–H groups in total. The van der Waals surface area contributed by atoms with Crippen LogP contribution in [0, 0.1) is 0 Å². The quantitative estimate of drug-likeness (QED) is 0.344. The van der Waals surface area contributed by atoms with E-state index in [1.165, 1.54) is 12.1 Å². The lowest BCUT2D eigenvalue weighted by molar-refractivity contribution is -0.112. The number of nitrogens with one attached hydrogen (secondary N) is 1. The molecule has 0 saturated carbocycles. The third kappa shape index (κ3) is 6.95.